The Hall–Kier alpha value is -2.90. The molecule has 1 aliphatic carbocycles. The second-order valence-electron chi connectivity index (χ2n) is 8.70. The second kappa shape index (κ2) is 10.1. The molecule has 1 amide bonds. The van der Waals surface area contributed by atoms with Crippen molar-refractivity contribution in [1.29, 1.82) is 0 Å². The van der Waals surface area contributed by atoms with Crippen molar-refractivity contribution in [3.63, 3.8) is 0 Å². The number of nitrogens with one attached hydrogen (secondary N) is 1. The molecule has 32 heavy (non-hydrogen) atoms. The molecule has 0 aromatic heterocycles. The summed E-state index contributed by atoms with van der Waals surface area (Å²) in [7, 11) is 2.09. The molecule has 7 nitrogen and oxygen atoms in total. The fourth-order valence-corrected chi connectivity index (χ4v) is 4.66. The highest BCUT2D eigenvalue weighted by Crippen LogP contribution is 2.44. The van der Waals surface area contributed by atoms with Crippen molar-refractivity contribution in [3.05, 3.63) is 59.7 Å². The number of fused-ring (bicyclic) bond motifs is 3. The van der Waals surface area contributed by atoms with Crippen molar-refractivity contribution in [2.45, 2.75) is 24.8 Å². The van der Waals surface area contributed by atoms with Gasteiger partial charge >= 0.3 is 12.1 Å². The smallest absolute Gasteiger partial charge is 0.407 e. The van der Waals surface area contributed by atoms with Crippen molar-refractivity contribution < 1.29 is 19.4 Å². The first-order valence-electron chi connectivity index (χ1n) is 11.3. The SMILES string of the molecule is CN1CCN(C[C@H](CCC(=O)O)NC(=O)OCC2c3ccccc3-c3ccccc32)CC1. The summed E-state index contributed by atoms with van der Waals surface area (Å²) in [5, 5.41) is 12.0. The van der Waals surface area contributed by atoms with Crippen LogP contribution >= 0.6 is 0 Å². The Labute approximate surface area is 189 Å². The van der Waals surface area contributed by atoms with E-state index >= 15 is 0 Å². The van der Waals surface area contributed by atoms with Crippen LogP contribution in [-0.2, 0) is 9.53 Å². The van der Waals surface area contributed by atoms with Gasteiger partial charge in [-0.3, -0.25) is 9.69 Å². The van der Waals surface area contributed by atoms with Crippen molar-refractivity contribution in [2.24, 2.45) is 0 Å². The molecule has 7 heteroatoms. The standard InChI is InChI=1S/C25H31N3O4/c1-27-12-14-28(15-13-27)16-18(10-11-24(29)30)26-25(31)32-17-23-21-8-4-2-6-19(21)20-7-3-5-9-22(20)23/h2-9,18,23H,10-17H2,1H3,(H,26,31)(H,29,30)/t18-/m0/s1. The molecule has 170 valence electrons. The number of amides is 1. The molecule has 1 aliphatic heterocycles. The quantitative estimate of drug-likeness (QED) is 0.661. The Morgan fingerprint density at radius 1 is 1.03 bits per heavy atom. The average molecular weight is 438 g/mol. The third kappa shape index (κ3) is 5.29. The topological polar surface area (TPSA) is 82.1 Å². The number of rotatable bonds is 8. The molecule has 1 atom stereocenters. The summed E-state index contributed by atoms with van der Waals surface area (Å²) in [6.07, 6.45) is -0.0927. The van der Waals surface area contributed by atoms with Gasteiger partial charge in [-0.15, -0.1) is 0 Å². The number of piperazine rings is 1. The zero-order valence-electron chi connectivity index (χ0n) is 18.5. The minimum absolute atomic E-state index is 0.00301. The summed E-state index contributed by atoms with van der Waals surface area (Å²) < 4.78 is 5.66. The molecule has 0 spiro atoms. The molecule has 0 bridgehead atoms. The molecule has 1 fully saturated rings. The summed E-state index contributed by atoms with van der Waals surface area (Å²) in [4.78, 5) is 28.3. The number of carbonyl (C=O) groups excluding carboxylic acids is 1. The van der Waals surface area contributed by atoms with E-state index < -0.39 is 12.1 Å². The van der Waals surface area contributed by atoms with Gasteiger partial charge in [0.25, 0.3) is 0 Å². The van der Waals surface area contributed by atoms with Crippen LogP contribution in [0.3, 0.4) is 0 Å². The van der Waals surface area contributed by atoms with Crippen molar-refractivity contribution >= 4 is 12.1 Å². The van der Waals surface area contributed by atoms with Crippen LogP contribution in [-0.4, -0.2) is 79.4 Å². The molecular formula is C25H31N3O4. The first-order chi connectivity index (χ1) is 15.5. The van der Waals surface area contributed by atoms with E-state index in [0.29, 0.717) is 13.0 Å². The summed E-state index contributed by atoms with van der Waals surface area (Å²) >= 11 is 0. The van der Waals surface area contributed by atoms with E-state index in [0.717, 1.165) is 26.2 Å². The van der Waals surface area contributed by atoms with Gasteiger partial charge in [-0.1, -0.05) is 48.5 Å². The number of ether oxygens (including phenoxy) is 1. The van der Waals surface area contributed by atoms with Gasteiger partial charge in [0, 0.05) is 51.1 Å². The fraction of sp³-hybridized carbons (Fsp3) is 0.440. The van der Waals surface area contributed by atoms with E-state index in [9.17, 15) is 9.59 Å². The molecule has 0 radical (unpaired) electrons. The number of carboxylic acids is 1. The third-order valence-electron chi connectivity index (χ3n) is 6.45. The van der Waals surface area contributed by atoms with E-state index in [2.05, 4.69) is 46.4 Å². The zero-order chi connectivity index (χ0) is 22.5. The van der Waals surface area contributed by atoms with Gasteiger partial charge in [0.1, 0.15) is 6.61 Å². The summed E-state index contributed by atoms with van der Waals surface area (Å²) in [5.74, 6) is -0.856. The Morgan fingerprint density at radius 2 is 1.62 bits per heavy atom. The number of nitrogens with zero attached hydrogens (tertiary/aromatic N) is 2. The molecule has 0 saturated carbocycles. The van der Waals surface area contributed by atoms with Crippen molar-refractivity contribution in [1.82, 2.24) is 15.1 Å². The van der Waals surface area contributed by atoms with Crippen LogP contribution in [0, 0.1) is 0 Å². The largest absolute Gasteiger partial charge is 0.481 e. The number of carboxylic acid groups (broad SMARTS) is 1. The minimum Gasteiger partial charge on any atom is -0.481 e. The molecule has 1 saturated heterocycles. The molecule has 0 unspecified atom stereocenters. The van der Waals surface area contributed by atoms with E-state index in [1.807, 2.05) is 24.3 Å². The number of likely N-dealkylation sites (N-methyl/N-ethyl adjacent to an activating group) is 1. The van der Waals surface area contributed by atoms with E-state index in [1.165, 1.54) is 22.3 Å². The number of carbonyl (C=O) groups is 2. The van der Waals surface area contributed by atoms with Crippen molar-refractivity contribution in [2.75, 3.05) is 46.4 Å². The average Bonchev–Trinajstić information content (AvgIpc) is 3.11. The van der Waals surface area contributed by atoms with Gasteiger partial charge in [0.05, 0.1) is 0 Å². The second-order valence-corrected chi connectivity index (χ2v) is 8.70. The lowest BCUT2D eigenvalue weighted by molar-refractivity contribution is -0.137. The van der Waals surface area contributed by atoms with Gasteiger partial charge in [-0.2, -0.15) is 0 Å². The third-order valence-corrected chi connectivity index (χ3v) is 6.45. The zero-order valence-corrected chi connectivity index (χ0v) is 18.5. The van der Waals surface area contributed by atoms with Crippen LogP contribution < -0.4 is 5.32 Å². The minimum atomic E-state index is -0.859. The van der Waals surface area contributed by atoms with Crippen LogP contribution in [0.4, 0.5) is 4.79 Å². The van der Waals surface area contributed by atoms with Crippen LogP contribution in [0.5, 0.6) is 0 Å². The lowest BCUT2D eigenvalue weighted by Gasteiger charge is -2.34. The van der Waals surface area contributed by atoms with Gasteiger partial charge in [-0.05, 0) is 35.7 Å². The van der Waals surface area contributed by atoms with Gasteiger partial charge < -0.3 is 20.1 Å². The predicted molar refractivity (Wildman–Crippen MR) is 123 cm³/mol. The van der Waals surface area contributed by atoms with Gasteiger partial charge in [-0.25, -0.2) is 4.79 Å². The van der Waals surface area contributed by atoms with Crippen LogP contribution in [0.1, 0.15) is 29.9 Å². The lowest BCUT2D eigenvalue weighted by Crippen LogP contribution is -2.50. The molecule has 4 rings (SSSR count). The Balaban J connectivity index is 1.37. The molecule has 2 aromatic rings. The normalized spacial score (nSPS) is 17.4. The van der Waals surface area contributed by atoms with E-state index in [4.69, 9.17) is 9.84 Å². The number of hydrogen-bond acceptors (Lipinski definition) is 5. The highest BCUT2D eigenvalue weighted by Gasteiger charge is 2.29. The first-order valence-corrected chi connectivity index (χ1v) is 11.3. The van der Waals surface area contributed by atoms with Crippen LogP contribution in [0.15, 0.2) is 48.5 Å². The Kier molecular flexibility index (Phi) is 7.07. The molecular weight excluding hydrogens is 406 g/mol. The van der Waals surface area contributed by atoms with Crippen molar-refractivity contribution in [3.8, 4) is 11.1 Å². The number of aliphatic carboxylic acids is 1. The fourth-order valence-electron chi connectivity index (χ4n) is 4.66. The molecule has 2 N–H and O–H groups in total. The van der Waals surface area contributed by atoms with Gasteiger partial charge in [0.2, 0.25) is 0 Å². The molecule has 1 heterocycles. The maximum Gasteiger partial charge on any atom is 0.407 e. The monoisotopic (exact) mass is 437 g/mol. The Morgan fingerprint density at radius 3 is 2.22 bits per heavy atom. The molecule has 2 aliphatic rings. The highest BCUT2D eigenvalue weighted by atomic mass is 16.5. The van der Waals surface area contributed by atoms with Gasteiger partial charge in [0.15, 0.2) is 0 Å². The first kappa shape index (κ1) is 22.3. The number of benzene rings is 2. The van der Waals surface area contributed by atoms with E-state index in [-0.39, 0.29) is 25.0 Å². The lowest BCUT2D eigenvalue weighted by atomic mass is 9.98. The summed E-state index contributed by atoms with van der Waals surface area (Å²) in [6, 6.07) is 16.2. The summed E-state index contributed by atoms with van der Waals surface area (Å²) in [5.41, 5.74) is 4.71. The molecule has 2 aromatic carbocycles. The Bertz CT molecular complexity index is 910. The van der Waals surface area contributed by atoms with Crippen LogP contribution in [0.25, 0.3) is 11.1 Å². The summed E-state index contributed by atoms with van der Waals surface area (Å²) in [6.45, 7) is 4.64. The van der Waals surface area contributed by atoms with Crippen LogP contribution in [0.2, 0.25) is 0 Å². The van der Waals surface area contributed by atoms with E-state index in [1.54, 1.807) is 0 Å². The number of hydrogen-bond donors (Lipinski definition) is 2. The maximum absolute atomic E-state index is 12.7. The highest BCUT2D eigenvalue weighted by molar-refractivity contribution is 5.79. The maximum atomic E-state index is 12.7. The number of alkyl carbamates (subject to hydrolysis) is 1. The predicted octanol–water partition coefficient (Wildman–Crippen LogP) is 3.01.